The zero-order valence-corrected chi connectivity index (χ0v) is 18.4. The first-order valence-electron chi connectivity index (χ1n) is 10.2. The highest BCUT2D eigenvalue weighted by Crippen LogP contribution is 2.49. The monoisotopic (exact) mass is 438 g/mol. The lowest BCUT2D eigenvalue weighted by Crippen LogP contribution is -2.44. The molecule has 2 aliphatic rings. The number of carbonyl (C=O) groups excluding carboxylic acids is 2. The van der Waals surface area contributed by atoms with E-state index < -0.39 is 4.92 Å². The molecule has 160 valence electrons. The van der Waals surface area contributed by atoms with Crippen LogP contribution in [0.4, 0.5) is 11.4 Å². The molecule has 31 heavy (non-hydrogen) atoms. The van der Waals surface area contributed by atoms with Gasteiger partial charge in [0.05, 0.1) is 4.92 Å². The van der Waals surface area contributed by atoms with Gasteiger partial charge in [0.2, 0.25) is 5.91 Å². The standard InChI is InChI=1S/C24H23ClN2O4/c1-14-5-4-6-15(9-14)17-11-22(29)26(18-8-7-16(25)10-19(18)27(30)31)20-12-24(2,3)13-21(28)23(17)20/h4-10,17H,11-13H2,1-3H3. The van der Waals surface area contributed by atoms with E-state index in [4.69, 9.17) is 11.6 Å². The lowest BCUT2D eigenvalue weighted by Gasteiger charge is -2.42. The molecule has 2 aromatic rings. The Hall–Kier alpha value is -2.99. The Balaban J connectivity index is 1.95. The number of amides is 1. The van der Waals surface area contributed by atoms with Crippen LogP contribution in [0.15, 0.2) is 53.7 Å². The number of rotatable bonds is 3. The van der Waals surface area contributed by atoms with E-state index in [-0.39, 0.29) is 45.8 Å². The second-order valence-corrected chi connectivity index (χ2v) is 9.53. The minimum atomic E-state index is -0.544. The molecule has 1 amide bonds. The smallest absolute Gasteiger partial charge is 0.294 e. The first-order chi connectivity index (χ1) is 14.6. The van der Waals surface area contributed by atoms with Crippen molar-refractivity contribution in [3.05, 3.63) is 80.0 Å². The lowest BCUT2D eigenvalue weighted by molar-refractivity contribution is -0.384. The van der Waals surface area contributed by atoms with E-state index in [9.17, 15) is 19.7 Å². The van der Waals surface area contributed by atoms with Crippen molar-refractivity contribution in [3.63, 3.8) is 0 Å². The Labute approximate surface area is 185 Å². The number of benzene rings is 2. The van der Waals surface area contributed by atoms with E-state index in [2.05, 4.69) is 0 Å². The van der Waals surface area contributed by atoms with Gasteiger partial charge in [-0.1, -0.05) is 55.3 Å². The van der Waals surface area contributed by atoms with Gasteiger partial charge in [-0.2, -0.15) is 0 Å². The van der Waals surface area contributed by atoms with Crippen molar-refractivity contribution >= 4 is 34.7 Å². The minimum Gasteiger partial charge on any atom is -0.294 e. The zero-order chi connectivity index (χ0) is 22.5. The van der Waals surface area contributed by atoms with E-state index in [1.807, 2.05) is 45.0 Å². The number of carbonyl (C=O) groups is 2. The van der Waals surface area contributed by atoms with Crippen LogP contribution in [0.25, 0.3) is 0 Å². The van der Waals surface area contributed by atoms with Gasteiger partial charge in [0.25, 0.3) is 5.69 Å². The van der Waals surface area contributed by atoms with Crippen LogP contribution in [0.5, 0.6) is 0 Å². The molecule has 0 spiro atoms. The topological polar surface area (TPSA) is 80.5 Å². The molecule has 1 aliphatic heterocycles. The van der Waals surface area contributed by atoms with Gasteiger partial charge in [-0.15, -0.1) is 0 Å². The summed E-state index contributed by atoms with van der Waals surface area (Å²) in [5.41, 5.74) is 2.66. The normalized spacial score (nSPS) is 20.6. The highest BCUT2D eigenvalue weighted by Gasteiger charge is 2.45. The first kappa shape index (κ1) is 21.2. The maximum absolute atomic E-state index is 13.4. The molecule has 2 aromatic carbocycles. The predicted octanol–water partition coefficient (Wildman–Crippen LogP) is 5.72. The van der Waals surface area contributed by atoms with E-state index >= 15 is 0 Å². The summed E-state index contributed by atoms with van der Waals surface area (Å²) in [6.45, 7) is 5.92. The zero-order valence-electron chi connectivity index (χ0n) is 17.6. The number of nitro groups is 1. The van der Waals surface area contributed by atoms with Gasteiger partial charge in [0.1, 0.15) is 5.69 Å². The number of aryl methyl sites for hydroxylation is 1. The number of nitrogens with zero attached hydrogens (tertiary/aromatic N) is 2. The fourth-order valence-corrected chi connectivity index (χ4v) is 4.86. The third-order valence-corrected chi connectivity index (χ3v) is 6.20. The summed E-state index contributed by atoms with van der Waals surface area (Å²) >= 11 is 5.99. The van der Waals surface area contributed by atoms with Crippen LogP contribution >= 0.6 is 11.6 Å². The van der Waals surface area contributed by atoms with Gasteiger partial charge < -0.3 is 0 Å². The molecule has 0 bridgehead atoms. The number of hydrogen-bond acceptors (Lipinski definition) is 4. The minimum absolute atomic E-state index is 0.00753. The number of allylic oxidation sites excluding steroid dienone is 2. The van der Waals surface area contributed by atoms with E-state index in [0.29, 0.717) is 24.1 Å². The van der Waals surface area contributed by atoms with Crippen LogP contribution < -0.4 is 4.90 Å². The summed E-state index contributed by atoms with van der Waals surface area (Å²) in [6.07, 6.45) is 0.926. The van der Waals surface area contributed by atoms with Crippen LogP contribution in [-0.4, -0.2) is 16.6 Å². The number of nitro benzene ring substituents is 1. The van der Waals surface area contributed by atoms with E-state index in [1.54, 1.807) is 0 Å². The van der Waals surface area contributed by atoms with Crippen LogP contribution in [-0.2, 0) is 9.59 Å². The molecular weight excluding hydrogens is 416 g/mol. The van der Waals surface area contributed by atoms with Gasteiger partial charge in [-0.25, -0.2) is 0 Å². The van der Waals surface area contributed by atoms with E-state index in [0.717, 1.165) is 11.1 Å². The van der Waals surface area contributed by atoms with Crippen molar-refractivity contribution in [3.8, 4) is 0 Å². The van der Waals surface area contributed by atoms with Crippen LogP contribution in [0.2, 0.25) is 5.02 Å². The molecule has 0 aromatic heterocycles. The maximum atomic E-state index is 13.4. The molecule has 0 fully saturated rings. The molecule has 4 rings (SSSR count). The third kappa shape index (κ3) is 3.88. The molecule has 1 unspecified atom stereocenters. The molecule has 1 aliphatic carbocycles. The summed E-state index contributed by atoms with van der Waals surface area (Å²) in [5.74, 6) is -0.623. The molecule has 1 atom stereocenters. The van der Waals surface area contributed by atoms with Crippen molar-refractivity contribution in [2.45, 2.75) is 46.0 Å². The molecule has 0 radical (unpaired) electrons. The number of halogens is 1. The number of hydrogen-bond donors (Lipinski definition) is 0. The first-order valence-corrected chi connectivity index (χ1v) is 10.5. The van der Waals surface area contributed by atoms with Gasteiger partial charge in [-0.3, -0.25) is 24.6 Å². The molecule has 0 saturated heterocycles. The number of ketones is 1. The Bertz CT molecular complexity index is 1150. The summed E-state index contributed by atoms with van der Waals surface area (Å²) < 4.78 is 0. The molecular formula is C24H23ClN2O4. The van der Waals surface area contributed by atoms with Crippen molar-refractivity contribution in [2.75, 3.05) is 4.90 Å². The predicted molar refractivity (Wildman–Crippen MR) is 119 cm³/mol. The van der Waals surface area contributed by atoms with Crippen molar-refractivity contribution in [2.24, 2.45) is 5.41 Å². The summed E-state index contributed by atoms with van der Waals surface area (Å²) in [4.78, 5) is 39.3. The second kappa shape index (κ2) is 7.61. The highest BCUT2D eigenvalue weighted by atomic mass is 35.5. The van der Waals surface area contributed by atoms with Crippen molar-refractivity contribution in [1.29, 1.82) is 0 Å². The van der Waals surface area contributed by atoms with E-state index in [1.165, 1.54) is 23.1 Å². The molecule has 1 heterocycles. The van der Waals surface area contributed by atoms with Gasteiger partial charge in [0.15, 0.2) is 5.78 Å². The third-order valence-electron chi connectivity index (χ3n) is 5.96. The van der Waals surface area contributed by atoms with Crippen LogP contribution in [0, 0.1) is 22.5 Å². The second-order valence-electron chi connectivity index (χ2n) is 9.09. The molecule has 0 saturated carbocycles. The van der Waals surface area contributed by atoms with Crippen molar-refractivity contribution in [1.82, 2.24) is 0 Å². The molecule has 7 heteroatoms. The fourth-order valence-electron chi connectivity index (χ4n) is 4.70. The van der Waals surface area contributed by atoms with Gasteiger partial charge >= 0.3 is 0 Å². The Morgan fingerprint density at radius 2 is 1.87 bits per heavy atom. The number of Topliss-reactive ketones (excluding diaryl/α,β-unsaturated/α-hetero) is 1. The Morgan fingerprint density at radius 1 is 1.13 bits per heavy atom. The quantitative estimate of drug-likeness (QED) is 0.453. The summed E-state index contributed by atoms with van der Waals surface area (Å²) in [6, 6.07) is 12.1. The van der Waals surface area contributed by atoms with Gasteiger partial charge in [-0.05, 0) is 36.5 Å². The largest absolute Gasteiger partial charge is 0.294 e. The average Bonchev–Trinajstić information content (AvgIpc) is 2.66. The summed E-state index contributed by atoms with van der Waals surface area (Å²) in [5, 5.41) is 11.9. The number of anilines is 1. The van der Waals surface area contributed by atoms with Crippen LogP contribution in [0.3, 0.4) is 0 Å². The van der Waals surface area contributed by atoms with Crippen molar-refractivity contribution < 1.29 is 14.5 Å². The molecule has 6 nitrogen and oxygen atoms in total. The fraction of sp³-hybridized carbons (Fsp3) is 0.333. The summed E-state index contributed by atoms with van der Waals surface area (Å²) in [7, 11) is 0. The van der Waals surface area contributed by atoms with Gasteiger partial charge in [0, 0.05) is 41.1 Å². The van der Waals surface area contributed by atoms with Crippen LogP contribution in [0.1, 0.15) is 50.2 Å². The highest BCUT2D eigenvalue weighted by molar-refractivity contribution is 6.31. The SMILES string of the molecule is Cc1cccc(C2CC(=O)N(c3ccc(Cl)cc3[N+](=O)[O-])C3=C2C(=O)CC(C)(C)C3)c1. The Kier molecular flexibility index (Phi) is 5.21. The molecule has 0 N–H and O–H groups in total. The maximum Gasteiger partial charge on any atom is 0.294 e. The lowest BCUT2D eigenvalue weighted by atomic mass is 9.69. The Morgan fingerprint density at radius 3 is 2.55 bits per heavy atom. The average molecular weight is 439 g/mol.